The zero-order chi connectivity index (χ0) is 17.5. The van der Waals surface area contributed by atoms with Crippen molar-refractivity contribution in [2.24, 2.45) is 5.92 Å². The predicted octanol–water partition coefficient (Wildman–Crippen LogP) is 3.52. The van der Waals surface area contributed by atoms with Crippen LogP contribution in [-0.4, -0.2) is 17.4 Å². The molecule has 0 bridgehead atoms. The number of nitro benzene ring substituents is 1. The molecule has 0 heterocycles. The smallest absolute Gasteiger partial charge is 0.269 e. The van der Waals surface area contributed by atoms with Gasteiger partial charge in [0.1, 0.15) is 0 Å². The first-order valence-corrected chi connectivity index (χ1v) is 7.80. The molecule has 0 fully saturated rings. The van der Waals surface area contributed by atoms with Gasteiger partial charge in [-0.05, 0) is 23.6 Å². The van der Waals surface area contributed by atoms with Crippen LogP contribution in [0.5, 0.6) is 0 Å². The van der Waals surface area contributed by atoms with Gasteiger partial charge >= 0.3 is 0 Å². The fourth-order valence-electron chi connectivity index (χ4n) is 2.47. The normalized spacial score (nSPS) is 12.0. The van der Waals surface area contributed by atoms with E-state index in [2.05, 4.69) is 24.5 Å². The molecule has 6 heteroatoms. The van der Waals surface area contributed by atoms with Gasteiger partial charge in [0.2, 0.25) is 5.91 Å². The molecule has 2 N–H and O–H groups in total. The minimum atomic E-state index is -0.472. The van der Waals surface area contributed by atoms with E-state index in [-0.39, 0.29) is 24.2 Å². The number of anilines is 1. The fraction of sp³-hybridized carbons (Fsp3) is 0.278. The number of nitro groups is 1. The molecule has 0 aliphatic rings. The lowest BCUT2D eigenvalue weighted by Gasteiger charge is -2.22. The van der Waals surface area contributed by atoms with Crippen molar-refractivity contribution in [3.63, 3.8) is 0 Å². The van der Waals surface area contributed by atoms with E-state index in [0.29, 0.717) is 11.6 Å². The van der Waals surface area contributed by atoms with Crippen LogP contribution < -0.4 is 10.6 Å². The average molecular weight is 327 g/mol. The molecule has 0 aliphatic heterocycles. The van der Waals surface area contributed by atoms with Crippen LogP contribution in [0.25, 0.3) is 0 Å². The van der Waals surface area contributed by atoms with Gasteiger partial charge in [0, 0.05) is 23.9 Å². The van der Waals surface area contributed by atoms with E-state index >= 15 is 0 Å². The van der Waals surface area contributed by atoms with Crippen LogP contribution >= 0.6 is 0 Å². The van der Waals surface area contributed by atoms with Crippen LogP contribution in [0.4, 0.5) is 11.4 Å². The Morgan fingerprint density at radius 2 is 1.71 bits per heavy atom. The highest BCUT2D eigenvalue weighted by atomic mass is 16.6. The Morgan fingerprint density at radius 1 is 1.08 bits per heavy atom. The zero-order valence-electron chi connectivity index (χ0n) is 13.7. The standard InChI is InChI=1S/C18H21N3O3/c1-13(2)18(14-6-4-3-5-7-14)19-12-17(22)20-15-8-10-16(11-9-15)21(23)24/h3-11,13,18-19H,12H2,1-2H3,(H,20,22)/t18-/m0/s1. The van der Waals surface area contributed by atoms with E-state index in [1.807, 2.05) is 30.3 Å². The van der Waals surface area contributed by atoms with Crippen LogP contribution in [0.3, 0.4) is 0 Å². The van der Waals surface area contributed by atoms with Gasteiger partial charge in [-0.15, -0.1) is 0 Å². The van der Waals surface area contributed by atoms with Crippen LogP contribution in [0, 0.1) is 16.0 Å². The molecule has 0 spiro atoms. The first-order chi connectivity index (χ1) is 11.5. The number of amides is 1. The summed E-state index contributed by atoms with van der Waals surface area (Å²) in [6.07, 6.45) is 0. The van der Waals surface area contributed by atoms with Gasteiger partial charge < -0.3 is 10.6 Å². The Labute approximate surface area is 141 Å². The summed E-state index contributed by atoms with van der Waals surface area (Å²) in [6, 6.07) is 15.8. The molecular weight excluding hydrogens is 306 g/mol. The Bertz CT molecular complexity index is 684. The number of non-ortho nitro benzene ring substituents is 1. The molecule has 126 valence electrons. The second-order valence-corrected chi connectivity index (χ2v) is 5.87. The molecule has 1 atom stereocenters. The van der Waals surface area contributed by atoms with E-state index in [1.165, 1.54) is 24.3 Å². The lowest BCUT2D eigenvalue weighted by Crippen LogP contribution is -2.33. The van der Waals surface area contributed by atoms with Gasteiger partial charge in [-0.2, -0.15) is 0 Å². The van der Waals surface area contributed by atoms with Crippen molar-refractivity contribution in [2.45, 2.75) is 19.9 Å². The molecule has 6 nitrogen and oxygen atoms in total. The summed E-state index contributed by atoms with van der Waals surface area (Å²) in [7, 11) is 0. The molecule has 0 radical (unpaired) electrons. The Balaban J connectivity index is 1.92. The minimum Gasteiger partial charge on any atom is -0.325 e. The maximum absolute atomic E-state index is 12.1. The Morgan fingerprint density at radius 3 is 2.25 bits per heavy atom. The van der Waals surface area contributed by atoms with Crippen molar-refractivity contribution in [2.75, 3.05) is 11.9 Å². The van der Waals surface area contributed by atoms with Gasteiger partial charge in [-0.3, -0.25) is 14.9 Å². The summed E-state index contributed by atoms with van der Waals surface area (Å²) in [5.41, 5.74) is 1.67. The van der Waals surface area contributed by atoms with Gasteiger partial charge in [-0.1, -0.05) is 44.2 Å². The molecule has 1 amide bonds. The first-order valence-electron chi connectivity index (χ1n) is 7.80. The zero-order valence-corrected chi connectivity index (χ0v) is 13.7. The van der Waals surface area contributed by atoms with Crippen LogP contribution in [0.1, 0.15) is 25.5 Å². The summed E-state index contributed by atoms with van der Waals surface area (Å²) < 4.78 is 0. The van der Waals surface area contributed by atoms with Crippen LogP contribution in [-0.2, 0) is 4.79 Å². The topological polar surface area (TPSA) is 84.3 Å². The third-order valence-corrected chi connectivity index (χ3v) is 3.67. The predicted molar refractivity (Wildman–Crippen MR) is 93.7 cm³/mol. The van der Waals surface area contributed by atoms with E-state index < -0.39 is 4.92 Å². The van der Waals surface area contributed by atoms with Crippen molar-refractivity contribution >= 4 is 17.3 Å². The number of nitrogens with zero attached hydrogens (tertiary/aromatic N) is 1. The van der Waals surface area contributed by atoms with Gasteiger partial charge in [-0.25, -0.2) is 0 Å². The number of hydrogen-bond acceptors (Lipinski definition) is 4. The molecular formula is C18H21N3O3. The highest BCUT2D eigenvalue weighted by Crippen LogP contribution is 2.21. The van der Waals surface area contributed by atoms with E-state index in [4.69, 9.17) is 0 Å². The SMILES string of the molecule is CC(C)[C@H](NCC(=O)Nc1ccc([N+](=O)[O-])cc1)c1ccccc1. The van der Waals surface area contributed by atoms with Crippen molar-refractivity contribution in [1.82, 2.24) is 5.32 Å². The highest BCUT2D eigenvalue weighted by molar-refractivity contribution is 5.92. The molecule has 2 aromatic rings. The van der Waals surface area contributed by atoms with Gasteiger partial charge in [0.25, 0.3) is 5.69 Å². The number of rotatable bonds is 7. The number of nitrogens with one attached hydrogen (secondary N) is 2. The monoisotopic (exact) mass is 327 g/mol. The second kappa shape index (κ2) is 8.21. The lowest BCUT2D eigenvalue weighted by molar-refractivity contribution is -0.384. The molecule has 0 aromatic heterocycles. The van der Waals surface area contributed by atoms with Gasteiger partial charge in [0.05, 0.1) is 11.5 Å². The lowest BCUT2D eigenvalue weighted by atomic mass is 9.96. The van der Waals surface area contributed by atoms with Crippen LogP contribution in [0.2, 0.25) is 0 Å². The summed E-state index contributed by atoms with van der Waals surface area (Å²) in [4.78, 5) is 22.2. The number of carbonyl (C=O) groups is 1. The molecule has 2 rings (SSSR count). The second-order valence-electron chi connectivity index (χ2n) is 5.87. The van der Waals surface area contributed by atoms with Crippen molar-refractivity contribution < 1.29 is 9.72 Å². The van der Waals surface area contributed by atoms with E-state index in [9.17, 15) is 14.9 Å². The summed E-state index contributed by atoms with van der Waals surface area (Å²) >= 11 is 0. The molecule has 0 saturated carbocycles. The summed E-state index contributed by atoms with van der Waals surface area (Å²) in [6.45, 7) is 4.35. The van der Waals surface area contributed by atoms with Gasteiger partial charge in [0.15, 0.2) is 0 Å². The molecule has 24 heavy (non-hydrogen) atoms. The largest absolute Gasteiger partial charge is 0.325 e. The molecule has 0 saturated heterocycles. The quantitative estimate of drug-likeness (QED) is 0.602. The van der Waals surface area contributed by atoms with E-state index in [1.54, 1.807) is 0 Å². The number of carbonyl (C=O) groups excluding carboxylic acids is 1. The molecule has 0 unspecified atom stereocenters. The van der Waals surface area contributed by atoms with Crippen molar-refractivity contribution in [1.29, 1.82) is 0 Å². The van der Waals surface area contributed by atoms with Crippen LogP contribution in [0.15, 0.2) is 54.6 Å². The van der Waals surface area contributed by atoms with Crippen molar-refractivity contribution in [3.8, 4) is 0 Å². The first kappa shape index (κ1) is 17.6. The van der Waals surface area contributed by atoms with Crippen molar-refractivity contribution in [3.05, 3.63) is 70.3 Å². The number of benzene rings is 2. The molecule has 2 aromatic carbocycles. The summed E-state index contributed by atoms with van der Waals surface area (Å²) in [5, 5.41) is 16.6. The third-order valence-electron chi connectivity index (χ3n) is 3.67. The highest BCUT2D eigenvalue weighted by Gasteiger charge is 2.16. The Kier molecular flexibility index (Phi) is 6.03. The third kappa shape index (κ3) is 4.89. The number of hydrogen-bond donors (Lipinski definition) is 2. The molecule has 0 aliphatic carbocycles. The van der Waals surface area contributed by atoms with E-state index in [0.717, 1.165) is 5.56 Å². The summed E-state index contributed by atoms with van der Waals surface area (Å²) in [5.74, 6) is 0.144. The Hall–Kier alpha value is -2.73. The average Bonchev–Trinajstić information content (AvgIpc) is 2.56. The maximum Gasteiger partial charge on any atom is 0.269 e. The fourth-order valence-corrected chi connectivity index (χ4v) is 2.47. The maximum atomic E-state index is 12.1. The minimum absolute atomic E-state index is 0.00456.